The highest BCUT2D eigenvalue weighted by molar-refractivity contribution is 5.77. The van der Waals surface area contributed by atoms with Gasteiger partial charge in [0.15, 0.2) is 0 Å². The number of rotatable bonds is 4. The van der Waals surface area contributed by atoms with Crippen LogP contribution < -0.4 is 5.32 Å². The van der Waals surface area contributed by atoms with Gasteiger partial charge >= 0.3 is 6.03 Å². The van der Waals surface area contributed by atoms with Crippen molar-refractivity contribution in [2.45, 2.75) is 50.7 Å². The van der Waals surface area contributed by atoms with Crippen molar-refractivity contribution in [1.29, 1.82) is 0 Å². The number of likely N-dealkylation sites (tertiary alicyclic amines) is 1. The molecule has 0 bridgehead atoms. The number of benzene rings is 1. The summed E-state index contributed by atoms with van der Waals surface area (Å²) in [6.07, 6.45) is 4.43. The molecular formula is C22H31N5O2. The van der Waals surface area contributed by atoms with Crippen molar-refractivity contribution >= 4 is 17.1 Å². The molecule has 2 aliphatic heterocycles. The lowest BCUT2D eigenvalue weighted by molar-refractivity contribution is -0.0357. The normalized spacial score (nSPS) is 22.7. The van der Waals surface area contributed by atoms with E-state index >= 15 is 0 Å². The number of carbonyl (C=O) groups excluding carboxylic acids is 1. The Labute approximate surface area is 172 Å². The van der Waals surface area contributed by atoms with E-state index in [0.717, 1.165) is 63.6 Å². The molecule has 2 aromatic rings. The van der Waals surface area contributed by atoms with Crippen LogP contribution in [0, 0.1) is 0 Å². The molecule has 0 unspecified atom stereocenters. The van der Waals surface area contributed by atoms with E-state index < -0.39 is 0 Å². The van der Waals surface area contributed by atoms with Gasteiger partial charge in [0.25, 0.3) is 0 Å². The molecule has 7 nitrogen and oxygen atoms in total. The van der Waals surface area contributed by atoms with Crippen molar-refractivity contribution < 1.29 is 9.53 Å². The third-order valence-electron chi connectivity index (χ3n) is 6.88. The monoisotopic (exact) mass is 397 g/mol. The van der Waals surface area contributed by atoms with Gasteiger partial charge in [0, 0.05) is 37.8 Å². The Hall–Kier alpha value is -2.12. The number of hydrogen-bond acceptors (Lipinski definition) is 4. The molecule has 1 saturated carbocycles. The maximum Gasteiger partial charge on any atom is 0.317 e. The van der Waals surface area contributed by atoms with Gasteiger partial charge in [-0.2, -0.15) is 0 Å². The number of fused-ring (bicyclic) bond motifs is 1. The van der Waals surface area contributed by atoms with E-state index in [2.05, 4.69) is 39.9 Å². The van der Waals surface area contributed by atoms with Crippen LogP contribution in [0.25, 0.3) is 11.0 Å². The maximum atomic E-state index is 12.8. The van der Waals surface area contributed by atoms with E-state index in [1.807, 2.05) is 11.0 Å². The highest BCUT2D eigenvalue weighted by Gasteiger charge is 2.37. The van der Waals surface area contributed by atoms with E-state index in [-0.39, 0.29) is 11.6 Å². The second kappa shape index (κ2) is 7.61. The summed E-state index contributed by atoms with van der Waals surface area (Å²) in [4.78, 5) is 22.1. The predicted octanol–water partition coefficient (Wildman–Crippen LogP) is 2.77. The van der Waals surface area contributed by atoms with E-state index in [4.69, 9.17) is 9.72 Å². The van der Waals surface area contributed by atoms with E-state index in [1.54, 1.807) is 0 Å². The lowest BCUT2D eigenvalue weighted by atomic mass is 9.87. The molecule has 1 N–H and O–H groups in total. The van der Waals surface area contributed by atoms with Crippen molar-refractivity contribution in [2.75, 3.05) is 39.4 Å². The fourth-order valence-corrected chi connectivity index (χ4v) is 4.84. The number of imidazole rings is 1. The average Bonchev–Trinajstić information content (AvgIpc) is 3.53. The number of morpholine rings is 1. The summed E-state index contributed by atoms with van der Waals surface area (Å²) in [5.41, 5.74) is 2.38. The SMILES string of the molecule is CC1(N2CCOCC2)CCN(C(=O)NCc2nc3ccccc3n2C2CC2)CC1. The lowest BCUT2D eigenvalue weighted by Gasteiger charge is -2.48. The molecule has 2 amide bonds. The Morgan fingerprint density at radius 1 is 1.17 bits per heavy atom. The van der Waals surface area contributed by atoms with E-state index in [9.17, 15) is 4.79 Å². The number of nitrogens with one attached hydrogen (secondary N) is 1. The van der Waals surface area contributed by atoms with Crippen molar-refractivity contribution in [3.8, 4) is 0 Å². The fourth-order valence-electron chi connectivity index (χ4n) is 4.84. The molecular weight excluding hydrogens is 366 g/mol. The smallest absolute Gasteiger partial charge is 0.317 e. The van der Waals surface area contributed by atoms with E-state index in [0.29, 0.717) is 12.6 Å². The molecule has 2 saturated heterocycles. The number of piperidine rings is 1. The summed E-state index contributed by atoms with van der Waals surface area (Å²) in [7, 11) is 0. The van der Waals surface area contributed by atoms with Crippen molar-refractivity contribution in [2.24, 2.45) is 0 Å². The Morgan fingerprint density at radius 3 is 2.62 bits per heavy atom. The van der Waals surface area contributed by atoms with Gasteiger partial charge in [-0.3, -0.25) is 4.90 Å². The number of nitrogens with zero attached hydrogens (tertiary/aromatic N) is 4. The van der Waals surface area contributed by atoms with Crippen LogP contribution in [0.1, 0.15) is 44.5 Å². The molecule has 1 aromatic carbocycles. The molecule has 1 aromatic heterocycles. The number of aromatic nitrogens is 2. The van der Waals surface area contributed by atoms with Gasteiger partial charge < -0.3 is 19.5 Å². The van der Waals surface area contributed by atoms with E-state index in [1.165, 1.54) is 18.4 Å². The summed E-state index contributed by atoms with van der Waals surface area (Å²) in [5.74, 6) is 0.970. The van der Waals surface area contributed by atoms with Crippen molar-refractivity contribution in [1.82, 2.24) is 24.7 Å². The molecule has 3 fully saturated rings. The predicted molar refractivity (Wildman–Crippen MR) is 112 cm³/mol. The molecule has 7 heteroatoms. The summed E-state index contributed by atoms with van der Waals surface area (Å²) >= 11 is 0. The Morgan fingerprint density at radius 2 is 1.90 bits per heavy atom. The highest BCUT2D eigenvalue weighted by Crippen LogP contribution is 2.38. The molecule has 29 heavy (non-hydrogen) atoms. The minimum atomic E-state index is 0.0310. The number of ether oxygens (including phenoxy) is 1. The Bertz CT molecular complexity index is 876. The van der Waals surface area contributed by atoms with Crippen LogP contribution in [-0.4, -0.2) is 70.3 Å². The fraction of sp³-hybridized carbons (Fsp3) is 0.636. The molecule has 3 aliphatic rings. The molecule has 156 valence electrons. The lowest BCUT2D eigenvalue weighted by Crippen LogP contribution is -2.58. The summed E-state index contributed by atoms with van der Waals surface area (Å²) in [5, 5.41) is 3.13. The van der Waals surface area contributed by atoms with Gasteiger partial charge in [0.2, 0.25) is 0 Å². The second-order valence-corrected chi connectivity index (χ2v) is 8.86. The Kier molecular flexibility index (Phi) is 4.95. The van der Waals surface area contributed by atoms with Crippen molar-refractivity contribution in [3.05, 3.63) is 30.1 Å². The van der Waals surface area contributed by atoms with Crippen LogP contribution in [0.4, 0.5) is 4.79 Å². The average molecular weight is 398 g/mol. The first-order chi connectivity index (χ1) is 14.1. The summed E-state index contributed by atoms with van der Waals surface area (Å²) < 4.78 is 7.82. The van der Waals surface area contributed by atoms with Crippen LogP contribution in [0.5, 0.6) is 0 Å². The number of carbonyl (C=O) groups is 1. The standard InChI is InChI=1S/C22H31N5O2/c1-22(26-12-14-29-15-13-26)8-10-25(11-9-22)21(28)23-16-20-24-18-4-2-3-5-19(18)27(20)17-6-7-17/h2-5,17H,6-16H2,1H3,(H,23,28). The van der Waals surface area contributed by atoms with Crippen LogP contribution in [0.2, 0.25) is 0 Å². The van der Waals surface area contributed by atoms with Gasteiger partial charge in [0.1, 0.15) is 5.82 Å². The molecule has 0 spiro atoms. The number of amides is 2. The van der Waals surface area contributed by atoms with Crippen LogP contribution >= 0.6 is 0 Å². The molecule has 0 atom stereocenters. The zero-order chi connectivity index (χ0) is 19.8. The van der Waals surface area contributed by atoms with Gasteiger partial charge in [-0.1, -0.05) is 12.1 Å². The summed E-state index contributed by atoms with van der Waals surface area (Å²) in [6, 6.07) is 8.83. The topological polar surface area (TPSA) is 62.6 Å². The van der Waals surface area contributed by atoms with Crippen molar-refractivity contribution in [3.63, 3.8) is 0 Å². The largest absolute Gasteiger partial charge is 0.379 e. The molecule has 0 radical (unpaired) electrons. The summed E-state index contributed by atoms with van der Waals surface area (Å²) in [6.45, 7) is 8.08. The van der Waals surface area contributed by atoms with Crippen LogP contribution in [0.15, 0.2) is 24.3 Å². The highest BCUT2D eigenvalue weighted by atomic mass is 16.5. The number of hydrogen-bond donors (Lipinski definition) is 1. The first kappa shape index (κ1) is 18.9. The molecule has 5 rings (SSSR count). The maximum absolute atomic E-state index is 12.8. The van der Waals surface area contributed by atoms with Gasteiger partial charge in [-0.05, 0) is 44.7 Å². The number of urea groups is 1. The van der Waals surface area contributed by atoms with Gasteiger partial charge in [-0.15, -0.1) is 0 Å². The molecule has 1 aliphatic carbocycles. The quantitative estimate of drug-likeness (QED) is 0.862. The van der Waals surface area contributed by atoms with Gasteiger partial charge in [-0.25, -0.2) is 9.78 Å². The first-order valence-electron chi connectivity index (χ1n) is 11.0. The van der Waals surface area contributed by atoms with Crippen LogP contribution in [-0.2, 0) is 11.3 Å². The minimum absolute atomic E-state index is 0.0310. The Balaban J connectivity index is 1.20. The molecule has 3 heterocycles. The third-order valence-corrected chi connectivity index (χ3v) is 6.88. The zero-order valence-corrected chi connectivity index (χ0v) is 17.3. The van der Waals surface area contributed by atoms with Crippen LogP contribution in [0.3, 0.4) is 0 Å². The first-order valence-corrected chi connectivity index (χ1v) is 11.0. The van der Waals surface area contributed by atoms with Gasteiger partial charge in [0.05, 0.1) is 30.8 Å². The number of para-hydroxylation sites is 2. The minimum Gasteiger partial charge on any atom is -0.379 e. The third kappa shape index (κ3) is 3.73. The second-order valence-electron chi connectivity index (χ2n) is 8.86. The zero-order valence-electron chi connectivity index (χ0n) is 17.3.